The quantitative estimate of drug-likeness (QED) is 0.819. The van der Waals surface area contributed by atoms with Gasteiger partial charge in [-0.3, -0.25) is 4.79 Å². The summed E-state index contributed by atoms with van der Waals surface area (Å²) < 4.78 is 2.08. The number of nitrogens with one attached hydrogen (secondary N) is 1. The van der Waals surface area contributed by atoms with Crippen molar-refractivity contribution in [3.8, 4) is 0 Å². The van der Waals surface area contributed by atoms with E-state index in [1.54, 1.807) is 0 Å². The molecule has 0 aliphatic heterocycles. The second-order valence-electron chi connectivity index (χ2n) is 5.00. The molecule has 0 saturated carbocycles. The fraction of sp³-hybridized carbons (Fsp3) is 0.312. The summed E-state index contributed by atoms with van der Waals surface area (Å²) in [6.45, 7) is 2.61. The molecule has 0 atom stereocenters. The normalized spacial score (nSPS) is 10.5. The zero-order chi connectivity index (χ0) is 14.5. The number of carbonyl (C=O) groups is 1. The van der Waals surface area contributed by atoms with E-state index in [9.17, 15) is 4.79 Å². The lowest BCUT2D eigenvalue weighted by molar-refractivity contribution is -0.121. The number of aryl methyl sites for hydroxylation is 2. The number of rotatable bonds is 5. The third-order valence-corrected chi connectivity index (χ3v) is 3.62. The van der Waals surface area contributed by atoms with Crippen LogP contribution < -0.4 is 11.1 Å². The first kappa shape index (κ1) is 14.2. The number of nitrogen functional groups attached to an aromatic ring is 1. The summed E-state index contributed by atoms with van der Waals surface area (Å²) in [6, 6.07) is 11.7. The van der Waals surface area contributed by atoms with Gasteiger partial charge in [0.1, 0.15) is 0 Å². The Hall–Kier alpha value is -2.23. The van der Waals surface area contributed by atoms with Crippen LogP contribution in [0.25, 0.3) is 0 Å². The van der Waals surface area contributed by atoms with E-state index in [1.807, 2.05) is 50.4 Å². The van der Waals surface area contributed by atoms with Gasteiger partial charge >= 0.3 is 0 Å². The van der Waals surface area contributed by atoms with Crippen LogP contribution in [0.4, 0.5) is 5.69 Å². The average molecular weight is 271 g/mol. The van der Waals surface area contributed by atoms with Gasteiger partial charge < -0.3 is 15.6 Å². The number of amides is 1. The Balaban J connectivity index is 1.82. The average Bonchev–Trinajstić information content (AvgIpc) is 2.76. The highest BCUT2D eigenvalue weighted by atomic mass is 16.1. The van der Waals surface area contributed by atoms with E-state index in [2.05, 4.69) is 9.88 Å². The van der Waals surface area contributed by atoms with Gasteiger partial charge in [-0.15, -0.1) is 0 Å². The van der Waals surface area contributed by atoms with Crippen LogP contribution in [0.3, 0.4) is 0 Å². The first-order valence-corrected chi connectivity index (χ1v) is 6.79. The van der Waals surface area contributed by atoms with Gasteiger partial charge in [0, 0.05) is 30.5 Å². The summed E-state index contributed by atoms with van der Waals surface area (Å²) in [6.07, 6.45) is 1.13. The minimum absolute atomic E-state index is 0.0482. The van der Waals surface area contributed by atoms with Gasteiger partial charge in [-0.2, -0.15) is 0 Å². The molecule has 1 amide bonds. The Morgan fingerprint density at radius 1 is 1.25 bits per heavy atom. The van der Waals surface area contributed by atoms with E-state index < -0.39 is 0 Å². The van der Waals surface area contributed by atoms with Crippen LogP contribution in [0.1, 0.15) is 23.4 Å². The predicted molar refractivity (Wildman–Crippen MR) is 81.2 cm³/mol. The maximum atomic E-state index is 11.9. The van der Waals surface area contributed by atoms with Gasteiger partial charge in [0.2, 0.25) is 5.91 Å². The predicted octanol–water partition coefficient (Wildman–Crippen LogP) is 2.16. The minimum Gasteiger partial charge on any atom is -0.399 e. The Bertz CT molecular complexity index is 602. The number of aromatic nitrogens is 1. The molecule has 106 valence electrons. The molecule has 3 N–H and O–H groups in total. The number of anilines is 1. The number of benzene rings is 1. The van der Waals surface area contributed by atoms with E-state index in [1.165, 1.54) is 5.69 Å². The number of hydrogen-bond acceptors (Lipinski definition) is 2. The Kier molecular flexibility index (Phi) is 4.45. The van der Waals surface area contributed by atoms with Gasteiger partial charge in [0.15, 0.2) is 0 Å². The molecule has 4 heteroatoms. The van der Waals surface area contributed by atoms with E-state index in [4.69, 9.17) is 5.73 Å². The van der Waals surface area contributed by atoms with E-state index in [0.717, 1.165) is 16.9 Å². The van der Waals surface area contributed by atoms with Crippen molar-refractivity contribution in [1.29, 1.82) is 0 Å². The standard InChI is InChI=1S/C16H21N3O/c1-12-7-9-14(19(12)2)11-18-16(20)10-8-13-5-3-4-6-15(13)17/h3-7,9H,8,10-11,17H2,1-2H3,(H,18,20). The van der Waals surface area contributed by atoms with Crippen LogP contribution in [-0.2, 0) is 24.8 Å². The van der Waals surface area contributed by atoms with Crippen LogP contribution >= 0.6 is 0 Å². The van der Waals surface area contributed by atoms with Crippen LogP contribution in [0, 0.1) is 6.92 Å². The molecule has 1 aromatic carbocycles. The summed E-state index contributed by atoms with van der Waals surface area (Å²) >= 11 is 0. The molecule has 2 rings (SSSR count). The molecular weight excluding hydrogens is 250 g/mol. The molecule has 0 bridgehead atoms. The first-order chi connectivity index (χ1) is 9.58. The summed E-state index contributed by atoms with van der Waals surface area (Å²) in [4.78, 5) is 11.9. The summed E-state index contributed by atoms with van der Waals surface area (Å²) in [5, 5.41) is 2.94. The van der Waals surface area contributed by atoms with Gasteiger partial charge in [-0.05, 0) is 37.1 Å². The fourth-order valence-electron chi connectivity index (χ4n) is 2.13. The Labute approximate surface area is 119 Å². The second-order valence-corrected chi connectivity index (χ2v) is 5.00. The number of para-hydroxylation sites is 1. The largest absolute Gasteiger partial charge is 0.399 e. The molecule has 4 nitrogen and oxygen atoms in total. The van der Waals surface area contributed by atoms with Crippen LogP contribution in [0.2, 0.25) is 0 Å². The first-order valence-electron chi connectivity index (χ1n) is 6.79. The molecule has 0 aliphatic carbocycles. The topological polar surface area (TPSA) is 60.1 Å². The molecule has 2 aromatic rings. The molecule has 0 fully saturated rings. The van der Waals surface area contributed by atoms with Crippen molar-refractivity contribution >= 4 is 11.6 Å². The molecular formula is C16H21N3O. The maximum absolute atomic E-state index is 11.9. The van der Waals surface area contributed by atoms with Crippen molar-refractivity contribution in [2.75, 3.05) is 5.73 Å². The lowest BCUT2D eigenvalue weighted by Gasteiger charge is -2.08. The van der Waals surface area contributed by atoms with Gasteiger partial charge in [0.05, 0.1) is 6.54 Å². The highest BCUT2D eigenvalue weighted by Crippen LogP contribution is 2.12. The molecule has 0 radical (unpaired) electrons. The molecule has 0 unspecified atom stereocenters. The van der Waals surface area contributed by atoms with Gasteiger partial charge in [0.25, 0.3) is 0 Å². The van der Waals surface area contributed by atoms with Crippen LogP contribution in [0.15, 0.2) is 36.4 Å². The smallest absolute Gasteiger partial charge is 0.220 e. The van der Waals surface area contributed by atoms with Crippen LogP contribution in [-0.4, -0.2) is 10.5 Å². The molecule has 0 saturated heterocycles. The maximum Gasteiger partial charge on any atom is 0.220 e. The van der Waals surface area contributed by atoms with Crippen LogP contribution in [0.5, 0.6) is 0 Å². The van der Waals surface area contributed by atoms with Crippen molar-refractivity contribution in [2.24, 2.45) is 7.05 Å². The Morgan fingerprint density at radius 3 is 2.65 bits per heavy atom. The van der Waals surface area contributed by atoms with Crippen molar-refractivity contribution in [2.45, 2.75) is 26.3 Å². The summed E-state index contributed by atoms with van der Waals surface area (Å²) in [5.41, 5.74) is 9.93. The monoisotopic (exact) mass is 271 g/mol. The second kappa shape index (κ2) is 6.28. The fourth-order valence-corrected chi connectivity index (χ4v) is 2.13. The minimum atomic E-state index is 0.0482. The van der Waals surface area contributed by atoms with E-state index in [0.29, 0.717) is 19.4 Å². The number of carbonyl (C=O) groups excluding carboxylic acids is 1. The number of nitrogens with two attached hydrogens (primary N) is 1. The van der Waals surface area contributed by atoms with Gasteiger partial charge in [-0.25, -0.2) is 0 Å². The highest BCUT2D eigenvalue weighted by molar-refractivity contribution is 5.76. The Morgan fingerprint density at radius 2 is 2.00 bits per heavy atom. The number of hydrogen-bond donors (Lipinski definition) is 2. The van der Waals surface area contributed by atoms with E-state index in [-0.39, 0.29) is 5.91 Å². The van der Waals surface area contributed by atoms with Gasteiger partial charge in [-0.1, -0.05) is 18.2 Å². The molecule has 0 aliphatic rings. The molecule has 0 spiro atoms. The number of nitrogens with zero attached hydrogens (tertiary/aromatic N) is 1. The third-order valence-electron chi connectivity index (χ3n) is 3.62. The lowest BCUT2D eigenvalue weighted by Crippen LogP contribution is -2.24. The zero-order valence-electron chi connectivity index (χ0n) is 12.0. The van der Waals surface area contributed by atoms with Crippen molar-refractivity contribution < 1.29 is 4.79 Å². The zero-order valence-corrected chi connectivity index (χ0v) is 12.0. The van der Waals surface area contributed by atoms with E-state index >= 15 is 0 Å². The summed E-state index contributed by atoms with van der Waals surface area (Å²) in [5.74, 6) is 0.0482. The molecule has 1 heterocycles. The van der Waals surface area contributed by atoms with Crippen molar-refractivity contribution in [3.05, 3.63) is 53.3 Å². The molecule has 1 aromatic heterocycles. The lowest BCUT2D eigenvalue weighted by atomic mass is 10.1. The van der Waals surface area contributed by atoms with Crippen molar-refractivity contribution in [3.63, 3.8) is 0 Å². The highest BCUT2D eigenvalue weighted by Gasteiger charge is 2.06. The SMILES string of the molecule is Cc1ccc(CNC(=O)CCc2ccccc2N)n1C. The summed E-state index contributed by atoms with van der Waals surface area (Å²) in [7, 11) is 2.00. The van der Waals surface area contributed by atoms with Crippen molar-refractivity contribution in [1.82, 2.24) is 9.88 Å². The molecule has 20 heavy (non-hydrogen) atoms. The third kappa shape index (κ3) is 3.41.